The van der Waals surface area contributed by atoms with Gasteiger partial charge in [-0.05, 0) is 56.1 Å². The number of hydrogen-bond donors (Lipinski definition) is 1. The van der Waals surface area contributed by atoms with Crippen molar-refractivity contribution in [2.24, 2.45) is 22.7 Å². The summed E-state index contributed by atoms with van der Waals surface area (Å²) in [4.78, 5) is 5.14. The number of fused-ring (bicyclic) bond motifs is 2. The van der Waals surface area contributed by atoms with Gasteiger partial charge in [-0.1, -0.05) is 55.0 Å². The molecule has 2 aromatic carbocycles. The number of hydrogen-bond acceptors (Lipinski definition) is 3. The third kappa shape index (κ3) is 3.93. The fraction of sp³-hybridized carbons (Fsp3) is 0.409. The highest BCUT2D eigenvalue weighted by molar-refractivity contribution is 7.90. The van der Waals surface area contributed by atoms with Gasteiger partial charge in [-0.25, -0.2) is 8.42 Å². The van der Waals surface area contributed by atoms with Crippen LogP contribution in [0.2, 0.25) is 0 Å². The Balaban J connectivity index is 1.63. The van der Waals surface area contributed by atoms with Crippen LogP contribution < -0.4 is 4.72 Å². The first-order valence-electron chi connectivity index (χ1n) is 9.74. The Bertz CT molecular complexity index is 910. The highest BCUT2D eigenvalue weighted by atomic mass is 32.2. The molecule has 2 aliphatic carbocycles. The summed E-state index contributed by atoms with van der Waals surface area (Å²) in [6.45, 7) is 2.13. The van der Waals surface area contributed by atoms with Crippen molar-refractivity contribution in [3.63, 3.8) is 0 Å². The van der Waals surface area contributed by atoms with E-state index in [9.17, 15) is 8.42 Å². The Kier molecular flexibility index (Phi) is 5.04. The second-order valence-electron chi connectivity index (χ2n) is 7.84. The molecule has 4 rings (SSSR count). The summed E-state index contributed by atoms with van der Waals surface area (Å²) in [7, 11) is -3.67. The van der Waals surface area contributed by atoms with Crippen LogP contribution in [0.4, 0.5) is 0 Å². The molecule has 4 nitrogen and oxygen atoms in total. The minimum absolute atomic E-state index is 0.106. The zero-order chi connectivity index (χ0) is 18.9. The molecule has 0 aromatic heterocycles. The molecule has 4 atom stereocenters. The number of amidine groups is 1. The number of nitrogens with zero attached hydrogens (tertiary/aromatic N) is 1. The zero-order valence-corrected chi connectivity index (χ0v) is 16.4. The molecule has 27 heavy (non-hydrogen) atoms. The topological polar surface area (TPSA) is 58.5 Å². The van der Waals surface area contributed by atoms with Gasteiger partial charge in [0.1, 0.15) is 5.84 Å². The molecule has 0 aliphatic heterocycles. The second-order valence-corrected chi connectivity index (χ2v) is 9.52. The van der Waals surface area contributed by atoms with Crippen LogP contribution in [0.5, 0.6) is 0 Å². The summed E-state index contributed by atoms with van der Waals surface area (Å²) < 4.78 is 28.5. The number of sulfonamides is 1. The van der Waals surface area contributed by atoms with Gasteiger partial charge < -0.3 is 0 Å². The molecule has 0 saturated heterocycles. The van der Waals surface area contributed by atoms with Crippen LogP contribution >= 0.6 is 0 Å². The normalized spacial score (nSPS) is 26.1. The Morgan fingerprint density at radius 1 is 1.00 bits per heavy atom. The molecule has 0 spiro atoms. The molecular weight excluding hydrogens is 356 g/mol. The van der Waals surface area contributed by atoms with Crippen molar-refractivity contribution in [1.29, 1.82) is 0 Å². The van der Waals surface area contributed by atoms with Gasteiger partial charge in [0.2, 0.25) is 0 Å². The third-order valence-electron chi connectivity index (χ3n) is 6.08. The Labute approximate surface area is 161 Å². The average Bonchev–Trinajstić information content (AvgIpc) is 3.32. The van der Waals surface area contributed by atoms with E-state index < -0.39 is 10.0 Å². The van der Waals surface area contributed by atoms with E-state index in [1.54, 1.807) is 24.3 Å². The van der Waals surface area contributed by atoms with Crippen molar-refractivity contribution in [1.82, 2.24) is 4.72 Å². The van der Waals surface area contributed by atoms with Crippen molar-refractivity contribution in [3.8, 4) is 0 Å². The van der Waals surface area contributed by atoms with Crippen molar-refractivity contribution in [2.45, 2.75) is 43.5 Å². The summed E-state index contributed by atoms with van der Waals surface area (Å²) >= 11 is 0. The summed E-state index contributed by atoms with van der Waals surface area (Å²) in [6, 6.07) is 18.1. The maximum Gasteiger partial charge on any atom is 0.263 e. The van der Waals surface area contributed by atoms with E-state index in [1.807, 2.05) is 36.4 Å². The minimum Gasteiger partial charge on any atom is -0.264 e. The van der Waals surface area contributed by atoms with Crippen LogP contribution in [0.15, 0.2) is 70.6 Å². The Hall–Kier alpha value is -2.14. The maximum absolute atomic E-state index is 12.9. The summed E-state index contributed by atoms with van der Waals surface area (Å²) in [5.41, 5.74) is 0.798. The van der Waals surface area contributed by atoms with Crippen LogP contribution in [0.25, 0.3) is 0 Å². The smallest absolute Gasteiger partial charge is 0.263 e. The fourth-order valence-corrected chi connectivity index (χ4v) is 5.78. The van der Waals surface area contributed by atoms with Crippen LogP contribution in [-0.4, -0.2) is 20.3 Å². The molecule has 142 valence electrons. The summed E-state index contributed by atoms with van der Waals surface area (Å²) in [5, 5.41) is 0. The first kappa shape index (κ1) is 18.2. The quantitative estimate of drug-likeness (QED) is 0.621. The number of rotatable bonds is 5. The molecule has 2 bridgehead atoms. The SMILES string of the molecule is C[C@@H](N=C(NS(=O)(=O)c1ccccc1)c1ccccc1)[C@@H]1C[C@@H]2CC[C@@H]1C2. The molecule has 0 radical (unpaired) electrons. The fourth-order valence-electron chi connectivity index (χ4n) is 4.73. The average molecular weight is 383 g/mol. The van der Waals surface area contributed by atoms with Crippen molar-refractivity contribution >= 4 is 15.9 Å². The van der Waals surface area contributed by atoms with E-state index in [-0.39, 0.29) is 10.9 Å². The van der Waals surface area contributed by atoms with E-state index >= 15 is 0 Å². The van der Waals surface area contributed by atoms with Crippen molar-refractivity contribution < 1.29 is 8.42 Å². The molecule has 0 unspecified atom stereocenters. The van der Waals surface area contributed by atoms with Gasteiger partial charge in [-0.3, -0.25) is 9.71 Å². The molecule has 0 amide bonds. The highest BCUT2D eigenvalue weighted by Gasteiger charge is 2.42. The molecule has 1 N–H and O–H groups in total. The van der Waals surface area contributed by atoms with Crippen molar-refractivity contribution in [3.05, 3.63) is 66.2 Å². The lowest BCUT2D eigenvalue weighted by Crippen LogP contribution is -2.34. The lowest BCUT2D eigenvalue weighted by atomic mass is 9.84. The minimum atomic E-state index is -3.67. The van der Waals surface area contributed by atoms with Crippen LogP contribution in [0.1, 0.15) is 38.2 Å². The predicted octanol–water partition coefficient (Wildman–Crippen LogP) is 4.24. The van der Waals surface area contributed by atoms with Gasteiger partial charge in [-0.15, -0.1) is 0 Å². The molecular formula is C22H26N2O2S. The lowest BCUT2D eigenvalue weighted by molar-refractivity contribution is 0.294. The predicted molar refractivity (Wildman–Crippen MR) is 108 cm³/mol. The van der Waals surface area contributed by atoms with Crippen molar-refractivity contribution in [2.75, 3.05) is 0 Å². The van der Waals surface area contributed by atoms with Gasteiger partial charge in [0, 0.05) is 5.56 Å². The maximum atomic E-state index is 12.9. The first-order valence-corrected chi connectivity index (χ1v) is 11.2. The van der Waals surface area contributed by atoms with E-state index in [2.05, 4.69) is 11.6 Å². The molecule has 5 heteroatoms. The summed E-state index contributed by atoms with van der Waals surface area (Å²) in [6.07, 6.45) is 5.19. The number of nitrogens with one attached hydrogen (secondary N) is 1. The second kappa shape index (κ2) is 7.47. The number of benzene rings is 2. The van der Waals surface area contributed by atoms with E-state index in [4.69, 9.17) is 4.99 Å². The summed E-state index contributed by atoms with van der Waals surface area (Å²) in [5.74, 6) is 2.59. The number of aliphatic imine (C=N–C) groups is 1. The molecule has 2 saturated carbocycles. The van der Waals surface area contributed by atoms with E-state index in [0.717, 1.165) is 17.4 Å². The Morgan fingerprint density at radius 3 is 2.26 bits per heavy atom. The van der Waals surface area contributed by atoms with Crippen LogP contribution in [0.3, 0.4) is 0 Å². The van der Waals surface area contributed by atoms with Gasteiger partial charge in [-0.2, -0.15) is 0 Å². The van der Waals surface area contributed by atoms with Crippen LogP contribution in [-0.2, 0) is 10.0 Å². The monoisotopic (exact) mass is 382 g/mol. The van der Waals surface area contributed by atoms with Crippen LogP contribution in [0, 0.1) is 17.8 Å². The zero-order valence-electron chi connectivity index (χ0n) is 15.6. The highest BCUT2D eigenvalue weighted by Crippen LogP contribution is 2.50. The third-order valence-corrected chi connectivity index (χ3v) is 7.43. The van der Waals surface area contributed by atoms with E-state index in [0.29, 0.717) is 11.8 Å². The van der Waals surface area contributed by atoms with E-state index in [1.165, 1.54) is 25.7 Å². The largest absolute Gasteiger partial charge is 0.264 e. The van der Waals surface area contributed by atoms with Gasteiger partial charge in [0.15, 0.2) is 0 Å². The molecule has 2 aliphatic rings. The Morgan fingerprint density at radius 2 is 1.67 bits per heavy atom. The van der Waals surface area contributed by atoms with Gasteiger partial charge in [0.25, 0.3) is 10.0 Å². The van der Waals surface area contributed by atoms with Gasteiger partial charge >= 0.3 is 0 Å². The molecule has 0 heterocycles. The standard InChI is InChI=1S/C22H26N2O2S/c1-16(21-15-17-12-13-19(21)14-17)23-22(18-8-4-2-5-9-18)24-27(25,26)20-10-6-3-7-11-20/h2-11,16-17,19,21H,12-15H2,1H3,(H,23,24)/t16-,17-,19-,21+/m1/s1. The van der Waals surface area contributed by atoms with Gasteiger partial charge in [0.05, 0.1) is 10.9 Å². The molecule has 2 fully saturated rings. The lowest BCUT2D eigenvalue weighted by Gasteiger charge is -2.26. The molecule has 2 aromatic rings. The first-order chi connectivity index (χ1) is 13.0.